The van der Waals surface area contributed by atoms with Crippen molar-refractivity contribution in [3.05, 3.63) is 29.3 Å². The molecule has 1 heterocycles. The van der Waals surface area contributed by atoms with Crippen LogP contribution in [-0.2, 0) is 17.9 Å². The molecule has 0 aromatic heterocycles. The smallest absolute Gasteiger partial charge is 0.317 e. The average molecular weight is 308 g/mol. The van der Waals surface area contributed by atoms with E-state index in [1.807, 2.05) is 18.2 Å². The number of aliphatic carboxylic acids is 1. The summed E-state index contributed by atoms with van der Waals surface area (Å²) in [7, 11) is 1.62. The quantitative estimate of drug-likeness (QED) is 0.692. The van der Waals surface area contributed by atoms with E-state index in [2.05, 4.69) is 10.2 Å². The van der Waals surface area contributed by atoms with Gasteiger partial charge in [-0.3, -0.25) is 9.69 Å². The van der Waals surface area contributed by atoms with Gasteiger partial charge in [0.15, 0.2) is 0 Å². The molecule has 6 nitrogen and oxygen atoms in total. The lowest BCUT2D eigenvalue weighted by molar-refractivity contribution is -0.136. The van der Waals surface area contributed by atoms with Gasteiger partial charge in [0.1, 0.15) is 5.75 Å². The first-order valence-electron chi connectivity index (χ1n) is 7.57. The molecule has 0 radical (unpaired) electrons. The third-order valence-electron chi connectivity index (χ3n) is 3.91. The van der Waals surface area contributed by atoms with E-state index in [4.69, 9.17) is 9.84 Å². The van der Waals surface area contributed by atoms with Crippen molar-refractivity contribution in [3.8, 4) is 5.75 Å². The lowest BCUT2D eigenvalue weighted by Gasteiger charge is -2.29. The molecule has 1 aliphatic heterocycles. The topological polar surface area (TPSA) is 82.0 Å². The van der Waals surface area contributed by atoms with Gasteiger partial charge in [-0.05, 0) is 24.5 Å². The summed E-state index contributed by atoms with van der Waals surface area (Å²) in [5.41, 5.74) is 2.11. The van der Waals surface area contributed by atoms with Crippen LogP contribution >= 0.6 is 0 Å². The number of nitrogens with one attached hydrogen (secondary N) is 1. The lowest BCUT2D eigenvalue weighted by Crippen LogP contribution is -2.35. The first-order valence-corrected chi connectivity index (χ1v) is 7.57. The molecule has 122 valence electrons. The number of carboxylic acid groups (broad SMARTS) is 1. The largest absolute Gasteiger partial charge is 0.496 e. The van der Waals surface area contributed by atoms with E-state index in [0.717, 1.165) is 49.4 Å². The van der Waals surface area contributed by atoms with Crippen LogP contribution in [0.5, 0.6) is 5.75 Å². The van der Waals surface area contributed by atoms with Crippen LogP contribution in [0.3, 0.4) is 0 Å². The lowest BCUT2D eigenvalue weighted by atomic mass is 10.1. The van der Waals surface area contributed by atoms with Gasteiger partial charge in [-0.15, -0.1) is 0 Å². The van der Waals surface area contributed by atoms with Crippen LogP contribution in [0, 0.1) is 0 Å². The van der Waals surface area contributed by atoms with Gasteiger partial charge in [0.2, 0.25) is 0 Å². The summed E-state index contributed by atoms with van der Waals surface area (Å²) >= 11 is 0. The molecule has 1 aromatic carbocycles. The second kappa shape index (κ2) is 8.12. The van der Waals surface area contributed by atoms with Crippen LogP contribution in [0.4, 0.5) is 0 Å². The summed E-state index contributed by atoms with van der Waals surface area (Å²) in [6.45, 7) is 3.05. The minimum atomic E-state index is -0.872. The molecule has 0 saturated carbocycles. The van der Waals surface area contributed by atoms with Crippen LogP contribution in [0.25, 0.3) is 0 Å². The van der Waals surface area contributed by atoms with Crippen molar-refractivity contribution in [2.75, 3.05) is 26.7 Å². The number of ether oxygens (including phenoxy) is 1. The number of likely N-dealkylation sites (tertiary alicyclic amines) is 1. The fraction of sp³-hybridized carbons (Fsp3) is 0.562. The van der Waals surface area contributed by atoms with E-state index >= 15 is 0 Å². The average Bonchev–Trinajstić information content (AvgIpc) is 2.50. The molecule has 1 aliphatic rings. The zero-order valence-corrected chi connectivity index (χ0v) is 12.9. The minimum absolute atomic E-state index is 0.0684. The molecule has 1 aromatic rings. The summed E-state index contributed by atoms with van der Waals surface area (Å²) in [4.78, 5) is 12.8. The number of rotatable bonds is 7. The Bertz CT molecular complexity index is 499. The molecule has 2 rings (SSSR count). The number of piperidine rings is 1. The van der Waals surface area contributed by atoms with Gasteiger partial charge in [-0.1, -0.05) is 12.1 Å². The summed E-state index contributed by atoms with van der Waals surface area (Å²) in [6, 6.07) is 6.02. The van der Waals surface area contributed by atoms with Gasteiger partial charge in [0.05, 0.1) is 19.8 Å². The van der Waals surface area contributed by atoms with Gasteiger partial charge >= 0.3 is 5.97 Å². The second-order valence-corrected chi connectivity index (χ2v) is 5.65. The Morgan fingerprint density at radius 3 is 2.77 bits per heavy atom. The Morgan fingerprint density at radius 2 is 2.14 bits per heavy atom. The monoisotopic (exact) mass is 308 g/mol. The van der Waals surface area contributed by atoms with Crippen LogP contribution in [0.1, 0.15) is 24.0 Å². The maximum absolute atomic E-state index is 10.5. The zero-order chi connectivity index (χ0) is 15.9. The molecule has 6 heteroatoms. The van der Waals surface area contributed by atoms with E-state index in [-0.39, 0.29) is 12.6 Å². The molecule has 22 heavy (non-hydrogen) atoms. The predicted octanol–water partition coefficient (Wildman–Crippen LogP) is 0.826. The first-order chi connectivity index (χ1) is 10.6. The van der Waals surface area contributed by atoms with E-state index in [1.165, 1.54) is 0 Å². The van der Waals surface area contributed by atoms with Crippen LogP contribution < -0.4 is 10.1 Å². The molecule has 0 spiro atoms. The normalized spacial score (nSPS) is 16.6. The number of carbonyl (C=O) groups is 1. The van der Waals surface area contributed by atoms with Gasteiger partial charge in [-0.2, -0.15) is 0 Å². The van der Waals surface area contributed by atoms with Gasteiger partial charge in [0.25, 0.3) is 0 Å². The molecule has 0 bridgehead atoms. The van der Waals surface area contributed by atoms with Crippen molar-refractivity contribution in [3.63, 3.8) is 0 Å². The minimum Gasteiger partial charge on any atom is -0.496 e. The summed E-state index contributed by atoms with van der Waals surface area (Å²) < 4.78 is 5.40. The molecule has 3 N–H and O–H groups in total. The number of benzene rings is 1. The van der Waals surface area contributed by atoms with Crippen LogP contribution in [-0.4, -0.2) is 53.9 Å². The van der Waals surface area contributed by atoms with E-state index < -0.39 is 5.97 Å². The van der Waals surface area contributed by atoms with E-state index in [9.17, 15) is 9.90 Å². The van der Waals surface area contributed by atoms with Crippen molar-refractivity contribution in [2.45, 2.75) is 32.0 Å². The van der Waals surface area contributed by atoms with Crippen molar-refractivity contribution in [1.82, 2.24) is 10.2 Å². The van der Waals surface area contributed by atoms with Crippen LogP contribution in [0.2, 0.25) is 0 Å². The fourth-order valence-corrected chi connectivity index (χ4v) is 2.67. The van der Waals surface area contributed by atoms with Crippen molar-refractivity contribution in [1.29, 1.82) is 0 Å². The highest BCUT2D eigenvalue weighted by atomic mass is 16.5. The molecular weight excluding hydrogens is 284 g/mol. The molecule has 0 atom stereocenters. The number of nitrogens with zero attached hydrogens (tertiary/aromatic N) is 1. The molecule has 1 saturated heterocycles. The third-order valence-corrected chi connectivity index (χ3v) is 3.91. The maximum Gasteiger partial charge on any atom is 0.317 e. The number of aliphatic hydroxyl groups excluding tert-OH is 1. The SMILES string of the molecule is COc1cc(CN2CCC(O)CC2)ccc1CNCC(=O)O. The highest BCUT2D eigenvalue weighted by Gasteiger charge is 2.17. The second-order valence-electron chi connectivity index (χ2n) is 5.65. The Labute approximate surface area is 130 Å². The first kappa shape index (κ1) is 16.7. The third kappa shape index (κ3) is 4.98. The zero-order valence-electron chi connectivity index (χ0n) is 12.9. The van der Waals surface area contributed by atoms with E-state index in [0.29, 0.717) is 6.54 Å². The Morgan fingerprint density at radius 1 is 1.41 bits per heavy atom. The summed E-state index contributed by atoms with van der Waals surface area (Å²) in [6.07, 6.45) is 1.50. The van der Waals surface area contributed by atoms with Gasteiger partial charge < -0.3 is 20.3 Å². The number of carboxylic acids is 1. The number of aliphatic hydroxyl groups is 1. The van der Waals surface area contributed by atoms with Gasteiger partial charge in [-0.25, -0.2) is 0 Å². The molecule has 0 amide bonds. The Hall–Kier alpha value is -1.63. The van der Waals surface area contributed by atoms with E-state index in [1.54, 1.807) is 7.11 Å². The highest BCUT2D eigenvalue weighted by Crippen LogP contribution is 2.22. The van der Waals surface area contributed by atoms with Crippen molar-refractivity contribution < 1.29 is 19.7 Å². The summed E-state index contributed by atoms with van der Waals surface area (Å²) in [5.74, 6) is -0.102. The van der Waals surface area contributed by atoms with Crippen LogP contribution in [0.15, 0.2) is 18.2 Å². The molecular formula is C16H24N2O4. The Kier molecular flexibility index (Phi) is 6.18. The predicted molar refractivity (Wildman–Crippen MR) is 82.9 cm³/mol. The molecule has 0 aliphatic carbocycles. The molecule has 0 unspecified atom stereocenters. The number of hydrogen-bond acceptors (Lipinski definition) is 5. The maximum atomic E-state index is 10.5. The highest BCUT2D eigenvalue weighted by molar-refractivity contribution is 5.69. The Balaban J connectivity index is 1.94. The summed E-state index contributed by atoms with van der Waals surface area (Å²) in [5, 5.41) is 21.0. The number of hydrogen-bond donors (Lipinski definition) is 3. The van der Waals surface area contributed by atoms with Crippen molar-refractivity contribution in [2.24, 2.45) is 0 Å². The number of methoxy groups -OCH3 is 1. The van der Waals surface area contributed by atoms with Crippen molar-refractivity contribution >= 4 is 5.97 Å². The fourth-order valence-electron chi connectivity index (χ4n) is 2.67. The molecule has 1 fully saturated rings. The standard InChI is InChI=1S/C16H24N2O4/c1-22-15-8-12(11-18-6-4-14(19)5-7-18)2-3-13(15)9-17-10-16(20)21/h2-3,8,14,17,19H,4-7,9-11H2,1H3,(H,20,21). The van der Waals surface area contributed by atoms with Gasteiger partial charge in [0, 0.05) is 31.7 Å².